The first-order valence-corrected chi connectivity index (χ1v) is 9.51. The van der Waals surface area contributed by atoms with Gasteiger partial charge < -0.3 is 5.32 Å². The molecule has 0 aliphatic heterocycles. The number of nitrogens with one attached hydrogen (secondary N) is 1. The molecule has 0 atom stereocenters. The van der Waals surface area contributed by atoms with E-state index in [0.717, 1.165) is 37.3 Å². The third kappa shape index (κ3) is 3.57. The molecule has 0 aliphatic carbocycles. The molecule has 0 unspecified atom stereocenters. The number of thiazole rings is 1. The van der Waals surface area contributed by atoms with Crippen LogP contribution in [0.25, 0.3) is 10.6 Å². The second-order valence-electron chi connectivity index (χ2n) is 5.98. The van der Waals surface area contributed by atoms with Crippen molar-refractivity contribution in [2.45, 2.75) is 34.1 Å². The van der Waals surface area contributed by atoms with Crippen molar-refractivity contribution < 1.29 is 4.79 Å². The van der Waals surface area contributed by atoms with Gasteiger partial charge in [-0.05, 0) is 50.3 Å². The van der Waals surface area contributed by atoms with E-state index < -0.39 is 0 Å². The maximum absolute atomic E-state index is 12.6. The molecule has 1 amide bonds. The van der Waals surface area contributed by atoms with E-state index in [9.17, 15) is 4.79 Å². The molecule has 1 aromatic carbocycles. The number of hydrogen-bond donors (Lipinski definition) is 1. The first kappa shape index (κ1) is 16.9. The number of thiophene rings is 1. The summed E-state index contributed by atoms with van der Waals surface area (Å²) >= 11 is 3.25. The molecule has 0 fully saturated rings. The lowest BCUT2D eigenvalue weighted by molar-refractivity contribution is -0.115. The van der Waals surface area contributed by atoms with Gasteiger partial charge in [-0.25, -0.2) is 4.98 Å². The monoisotopic (exact) mass is 356 g/mol. The molecule has 0 radical (unpaired) electrons. The van der Waals surface area contributed by atoms with Gasteiger partial charge in [0.1, 0.15) is 0 Å². The van der Waals surface area contributed by atoms with Gasteiger partial charge in [-0.1, -0.05) is 23.8 Å². The van der Waals surface area contributed by atoms with Crippen LogP contribution in [0, 0.1) is 27.7 Å². The van der Waals surface area contributed by atoms with E-state index in [1.165, 1.54) is 5.56 Å². The zero-order chi connectivity index (χ0) is 17.3. The van der Waals surface area contributed by atoms with Gasteiger partial charge in [0.15, 0.2) is 0 Å². The Morgan fingerprint density at radius 1 is 1.17 bits per heavy atom. The van der Waals surface area contributed by atoms with Crippen molar-refractivity contribution in [2.24, 2.45) is 0 Å². The second kappa shape index (κ2) is 6.87. The average Bonchev–Trinajstić information content (AvgIpc) is 3.12. The molecule has 0 spiro atoms. The van der Waals surface area contributed by atoms with E-state index in [1.807, 2.05) is 32.2 Å². The normalized spacial score (nSPS) is 10.8. The van der Waals surface area contributed by atoms with Crippen LogP contribution in [0.1, 0.15) is 26.6 Å². The quantitative estimate of drug-likeness (QED) is 0.690. The number of aromatic nitrogens is 1. The number of nitrogens with zero attached hydrogens (tertiary/aromatic N) is 1. The molecule has 2 aromatic heterocycles. The smallest absolute Gasteiger partial charge is 0.229 e. The first-order valence-electron chi connectivity index (χ1n) is 7.82. The summed E-state index contributed by atoms with van der Waals surface area (Å²) in [4.78, 5) is 19.3. The van der Waals surface area contributed by atoms with Crippen molar-refractivity contribution in [2.75, 3.05) is 5.32 Å². The Kier molecular flexibility index (Phi) is 4.83. The Bertz CT molecular complexity index is 856. The van der Waals surface area contributed by atoms with Gasteiger partial charge in [0.05, 0.1) is 22.0 Å². The maximum atomic E-state index is 12.6. The first-order chi connectivity index (χ1) is 11.4. The zero-order valence-corrected chi connectivity index (χ0v) is 15.9. The Labute approximate surface area is 150 Å². The summed E-state index contributed by atoms with van der Waals surface area (Å²) in [7, 11) is 0. The van der Waals surface area contributed by atoms with E-state index >= 15 is 0 Å². The summed E-state index contributed by atoms with van der Waals surface area (Å²) in [6.45, 7) is 8.11. The third-order valence-corrected chi connectivity index (χ3v) is 5.67. The van der Waals surface area contributed by atoms with Crippen LogP contribution >= 0.6 is 22.7 Å². The summed E-state index contributed by atoms with van der Waals surface area (Å²) in [5, 5.41) is 6.10. The molecule has 1 N–H and O–H groups in total. The molecule has 3 aromatic rings. The molecule has 24 heavy (non-hydrogen) atoms. The summed E-state index contributed by atoms with van der Waals surface area (Å²) in [6.07, 6.45) is 0.353. The molecule has 3 nitrogen and oxygen atoms in total. The highest BCUT2D eigenvalue weighted by atomic mass is 32.1. The topological polar surface area (TPSA) is 42.0 Å². The van der Waals surface area contributed by atoms with Gasteiger partial charge in [-0.15, -0.1) is 22.7 Å². The van der Waals surface area contributed by atoms with Crippen LogP contribution in [0.3, 0.4) is 0 Å². The van der Waals surface area contributed by atoms with Crippen molar-refractivity contribution in [3.8, 4) is 10.6 Å². The van der Waals surface area contributed by atoms with Gasteiger partial charge >= 0.3 is 0 Å². The maximum Gasteiger partial charge on any atom is 0.229 e. The lowest BCUT2D eigenvalue weighted by Gasteiger charge is -2.12. The van der Waals surface area contributed by atoms with Crippen LogP contribution in [0.4, 0.5) is 5.69 Å². The Morgan fingerprint density at radius 3 is 2.50 bits per heavy atom. The van der Waals surface area contributed by atoms with Crippen molar-refractivity contribution in [1.82, 2.24) is 4.98 Å². The van der Waals surface area contributed by atoms with Crippen LogP contribution in [0.2, 0.25) is 0 Å². The lowest BCUT2D eigenvalue weighted by atomic mass is 10.0. The van der Waals surface area contributed by atoms with Crippen LogP contribution in [0.15, 0.2) is 29.6 Å². The molecule has 3 rings (SSSR count). The highest BCUT2D eigenvalue weighted by Gasteiger charge is 2.16. The molecular weight excluding hydrogens is 336 g/mol. The molecular formula is C19H20N2OS2. The van der Waals surface area contributed by atoms with E-state index in [2.05, 4.69) is 35.4 Å². The van der Waals surface area contributed by atoms with Gasteiger partial charge in [0.2, 0.25) is 5.91 Å². The van der Waals surface area contributed by atoms with E-state index in [4.69, 9.17) is 0 Å². The van der Waals surface area contributed by atoms with Crippen LogP contribution in [-0.2, 0) is 11.2 Å². The largest absolute Gasteiger partial charge is 0.325 e. The number of anilines is 1. The van der Waals surface area contributed by atoms with E-state index in [0.29, 0.717) is 6.42 Å². The summed E-state index contributed by atoms with van der Waals surface area (Å²) in [5.74, 6) is 0.00603. The molecule has 124 valence electrons. The Balaban J connectivity index is 1.82. The highest BCUT2D eigenvalue weighted by Crippen LogP contribution is 2.32. The summed E-state index contributed by atoms with van der Waals surface area (Å²) < 4.78 is 0. The predicted molar refractivity (Wildman–Crippen MR) is 103 cm³/mol. The molecule has 0 saturated carbocycles. The van der Waals surface area contributed by atoms with Crippen molar-refractivity contribution in [1.29, 1.82) is 0 Å². The fourth-order valence-electron chi connectivity index (χ4n) is 2.90. The third-order valence-electron chi connectivity index (χ3n) is 3.82. The number of carbonyl (C=O) groups is 1. The second-order valence-corrected chi connectivity index (χ2v) is 8.22. The van der Waals surface area contributed by atoms with Gasteiger partial charge in [0, 0.05) is 10.6 Å². The molecule has 5 heteroatoms. The minimum atomic E-state index is 0.00603. The summed E-state index contributed by atoms with van der Waals surface area (Å²) in [6, 6.07) is 8.25. The molecule has 0 saturated heterocycles. The van der Waals surface area contributed by atoms with Gasteiger partial charge in [-0.3, -0.25) is 4.79 Å². The number of benzene rings is 1. The number of hydrogen-bond acceptors (Lipinski definition) is 4. The minimum absolute atomic E-state index is 0.00603. The van der Waals surface area contributed by atoms with Crippen LogP contribution in [0.5, 0.6) is 0 Å². The highest BCUT2D eigenvalue weighted by molar-refractivity contribution is 7.15. The predicted octanol–water partition coefficient (Wildman–Crippen LogP) is 5.29. The molecule has 0 aliphatic rings. The van der Waals surface area contributed by atoms with Gasteiger partial charge in [0.25, 0.3) is 0 Å². The fourth-order valence-corrected chi connectivity index (χ4v) is 4.66. The number of carbonyl (C=O) groups excluding carboxylic acids is 1. The Morgan fingerprint density at radius 2 is 1.88 bits per heavy atom. The zero-order valence-electron chi connectivity index (χ0n) is 14.3. The number of rotatable bonds is 4. The summed E-state index contributed by atoms with van der Waals surface area (Å²) in [5.41, 5.74) is 5.27. The number of aryl methyl sites for hydroxylation is 4. The van der Waals surface area contributed by atoms with E-state index in [-0.39, 0.29) is 5.91 Å². The van der Waals surface area contributed by atoms with Crippen LogP contribution in [-0.4, -0.2) is 10.9 Å². The Hall–Kier alpha value is -1.98. The SMILES string of the molecule is Cc1cc(C)c(NC(=O)Cc2sc(C)nc2-c2cccs2)c(C)c1. The average molecular weight is 357 g/mol. The lowest BCUT2D eigenvalue weighted by Crippen LogP contribution is -2.16. The van der Waals surface area contributed by atoms with E-state index in [1.54, 1.807) is 22.7 Å². The van der Waals surface area contributed by atoms with Gasteiger partial charge in [-0.2, -0.15) is 0 Å². The van der Waals surface area contributed by atoms with Crippen molar-refractivity contribution in [3.63, 3.8) is 0 Å². The molecule has 0 bridgehead atoms. The van der Waals surface area contributed by atoms with Crippen LogP contribution < -0.4 is 5.32 Å². The standard InChI is InChI=1S/C19H20N2OS2/c1-11-8-12(2)18(13(3)9-11)21-17(22)10-16-19(20-14(4)24-16)15-6-5-7-23-15/h5-9H,10H2,1-4H3,(H,21,22). The molecule has 2 heterocycles. The van der Waals surface area contributed by atoms with Crippen molar-refractivity contribution >= 4 is 34.3 Å². The van der Waals surface area contributed by atoms with Crippen molar-refractivity contribution in [3.05, 3.63) is 56.2 Å². The minimum Gasteiger partial charge on any atom is -0.325 e. The number of amides is 1. The fraction of sp³-hybridized carbons (Fsp3) is 0.263.